The number of aromatic nitrogens is 1. The maximum atomic E-state index is 11.1. The van der Waals surface area contributed by atoms with Crippen LogP contribution in [-0.4, -0.2) is 10.9 Å². The Morgan fingerprint density at radius 2 is 2.00 bits per heavy atom. The lowest BCUT2D eigenvalue weighted by Crippen LogP contribution is -2.13. The summed E-state index contributed by atoms with van der Waals surface area (Å²) in [4.78, 5) is 18.6. The standard InChI is InChI=1S/C14H10ClN3OS/c1-17-12-7-6-11(13(16)19)18-14(12)20-8-9-2-4-10(15)5-3-9/h2-7H,8H2,(H2,16,19). The van der Waals surface area contributed by atoms with E-state index < -0.39 is 5.91 Å². The van der Waals surface area contributed by atoms with Crippen LogP contribution in [0.4, 0.5) is 5.69 Å². The molecule has 1 aromatic heterocycles. The van der Waals surface area contributed by atoms with Gasteiger partial charge < -0.3 is 5.73 Å². The molecule has 0 saturated carbocycles. The van der Waals surface area contributed by atoms with E-state index in [2.05, 4.69) is 9.83 Å². The summed E-state index contributed by atoms with van der Waals surface area (Å²) in [6.45, 7) is 7.11. The fourth-order valence-electron chi connectivity index (χ4n) is 1.49. The number of carbonyl (C=O) groups is 1. The molecule has 0 spiro atoms. The van der Waals surface area contributed by atoms with Gasteiger partial charge in [0, 0.05) is 10.8 Å². The van der Waals surface area contributed by atoms with E-state index in [-0.39, 0.29) is 5.69 Å². The first-order valence-electron chi connectivity index (χ1n) is 5.65. The number of nitrogens with two attached hydrogens (primary N) is 1. The smallest absolute Gasteiger partial charge is 0.267 e. The Morgan fingerprint density at radius 1 is 1.30 bits per heavy atom. The van der Waals surface area contributed by atoms with Gasteiger partial charge in [-0.2, -0.15) is 0 Å². The zero-order valence-corrected chi connectivity index (χ0v) is 11.9. The molecule has 0 saturated heterocycles. The zero-order chi connectivity index (χ0) is 14.5. The van der Waals surface area contributed by atoms with Crippen LogP contribution in [-0.2, 0) is 5.75 Å². The summed E-state index contributed by atoms with van der Waals surface area (Å²) in [5.74, 6) is 0.0319. The Labute approximate surface area is 125 Å². The number of amides is 1. The van der Waals surface area contributed by atoms with Crippen molar-refractivity contribution in [2.75, 3.05) is 0 Å². The molecule has 1 heterocycles. The minimum absolute atomic E-state index is 0.163. The number of pyridine rings is 1. The van der Waals surface area contributed by atoms with Crippen LogP contribution < -0.4 is 5.73 Å². The van der Waals surface area contributed by atoms with Crippen LogP contribution in [0, 0.1) is 6.57 Å². The molecule has 4 nitrogen and oxygen atoms in total. The van der Waals surface area contributed by atoms with E-state index in [1.165, 1.54) is 17.8 Å². The molecule has 100 valence electrons. The van der Waals surface area contributed by atoms with Gasteiger partial charge in [-0.15, -0.1) is 11.8 Å². The zero-order valence-electron chi connectivity index (χ0n) is 10.3. The molecule has 0 aliphatic carbocycles. The quantitative estimate of drug-likeness (QED) is 0.692. The van der Waals surface area contributed by atoms with Gasteiger partial charge in [0.1, 0.15) is 10.7 Å². The number of primary amides is 1. The Hall–Kier alpha value is -2.03. The second-order valence-electron chi connectivity index (χ2n) is 3.91. The van der Waals surface area contributed by atoms with Crippen LogP contribution in [0.1, 0.15) is 16.1 Å². The van der Waals surface area contributed by atoms with Crippen molar-refractivity contribution in [2.45, 2.75) is 10.8 Å². The van der Waals surface area contributed by atoms with Crippen molar-refractivity contribution in [2.24, 2.45) is 5.73 Å². The van der Waals surface area contributed by atoms with Gasteiger partial charge in [0.25, 0.3) is 5.91 Å². The summed E-state index contributed by atoms with van der Waals surface area (Å²) in [5.41, 5.74) is 6.83. The van der Waals surface area contributed by atoms with Crippen molar-refractivity contribution in [3.8, 4) is 0 Å². The summed E-state index contributed by atoms with van der Waals surface area (Å²) in [6.07, 6.45) is 0. The molecule has 2 aromatic rings. The summed E-state index contributed by atoms with van der Waals surface area (Å²) in [7, 11) is 0. The molecule has 0 unspecified atom stereocenters. The van der Waals surface area contributed by atoms with E-state index in [0.29, 0.717) is 21.5 Å². The molecule has 1 amide bonds. The van der Waals surface area contributed by atoms with E-state index in [9.17, 15) is 4.79 Å². The minimum atomic E-state index is -0.602. The average molecular weight is 304 g/mol. The number of carbonyl (C=O) groups excluding carboxylic acids is 1. The third-order valence-corrected chi connectivity index (χ3v) is 3.81. The van der Waals surface area contributed by atoms with Gasteiger partial charge in [-0.25, -0.2) is 9.83 Å². The summed E-state index contributed by atoms with van der Waals surface area (Å²) >= 11 is 7.21. The SMILES string of the molecule is [C-]#[N+]c1ccc(C(N)=O)nc1SCc1ccc(Cl)cc1. The first-order chi connectivity index (χ1) is 9.60. The molecule has 0 aliphatic heterocycles. The highest BCUT2D eigenvalue weighted by Crippen LogP contribution is 2.30. The van der Waals surface area contributed by atoms with E-state index in [1.54, 1.807) is 18.2 Å². The van der Waals surface area contributed by atoms with Crippen LogP contribution in [0.2, 0.25) is 5.02 Å². The molecule has 20 heavy (non-hydrogen) atoms. The van der Waals surface area contributed by atoms with Crippen LogP contribution >= 0.6 is 23.4 Å². The molecule has 0 bridgehead atoms. The molecule has 0 atom stereocenters. The number of hydrogen-bond donors (Lipinski definition) is 1. The molecule has 0 fully saturated rings. The van der Waals surface area contributed by atoms with Gasteiger partial charge in [0.05, 0.1) is 6.57 Å². The average Bonchev–Trinajstić information content (AvgIpc) is 2.46. The molecule has 6 heteroatoms. The molecule has 1 aromatic carbocycles. The fourth-order valence-corrected chi connectivity index (χ4v) is 2.54. The molecule has 0 aliphatic rings. The largest absolute Gasteiger partial charge is 0.364 e. The summed E-state index contributed by atoms with van der Waals surface area (Å²) in [6, 6.07) is 10.4. The summed E-state index contributed by atoms with van der Waals surface area (Å²) < 4.78 is 0. The highest BCUT2D eigenvalue weighted by molar-refractivity contribution is 7.98. The number of hydrogen-bond acceptors (Lipinski definition) is 3. The number of nitrogens with zero attached hydrogens (tertiary/aromatic N) is 2. The van der Waals surface area contributed by atoms with Crippen molar-refractivity contribution in [1.29, 1.82) is 0 Å². The molecular formula is C14H10ClN3OS. The van der Waals surface area contributed by atoms with Crippen molar-refractivity contribution in [3.63, 3.8) is 0 Å². The lowest BCUT2D eigenvalue weighted by molar-refractivity contribution is 0.0995. The normalized spacial score (nSPS) is 10.0. The van der Waals surface area contributed by atoms with Crippen LogP contribution in [0.5, 0.6) is 0 Å². The third-order valence-electron chi connectivity index (χ3n) is 2.50. The first kappa shape index (κ1) is 14.4. The van der Waals surface area contributed by atoms with Gasteiger partial charge in [0.15, 0.2) is 0 Å². The van der Waals surface area contributed by atoms with Crippen LogP contribution in [0.15, 0.2) is 41.4 Å². The van der Waals surface area contributed by atoms with Gasteiger partial charge >= 0.3 is 0 Å². The Morgan fingerprint density at radius 3 is 2.60 bits per heavy atom. The van der Waals surface area contributed by atoms with Crippen molar-refractivity contribution in [1.82, 2.24) is 4.98 Å². The third kappa shape index (κ3) is 3.50. The van der Waals surface area contributed by atoms with Gasteiger partial charge in [-0.05, 0) is 23.8 Å². The lowest BCUT2D eigenvalue weighted by atomic mass is 10.2. The topological polar surface area (TPSA) is 60.3 Å². The maximum absolute atomic E-state index is 11.1. The van der Waals surface area contributed by atoms with E-state index in [0.717, 1.165) is 5.56 Å². The number of rotatable bonds is 4. The molecule has 2 rings (SSSR count). The van der Waals surface area contributed by atoms with Gasteiger partial charge in [0.2, 0.25) is 5.69 Å². The van der Waals surface area contributed by atoms with E-state index in [1.807, 2.05) is 12.1 Å². The Kier molecular flexibility index (Phi) is 4.61. The van der Waals surface area contributed by atoms with Crippen molar-refractivity contribution < 1.29 is 4.79 Å². The first-order valence-corrected chi connectivity index (χ1v) is 7.02. The lowest BCUT2D eigenvalue weighted by Gasteiger charge is -2.05. The predicted molar refractivity (Wildman–Crippen MR) is 80.0 cm³/mol. The minimum Gasteiger partial charge on any atom is -0.364 e. The number of benzene rings is 1. The van der Waals surface area contributed by atoms with Crippen LogP contribution in [0.3, 0.4) is 0 Å². The van der Waals surface area contributed by atoms with E-state index in [4.69, 9.17) is 23.9 Å². The van der Waals surface area contributed by atoms with Gasteiger partial charge in [-0.3, -0.25) is 4.79 Å². The van der Waals surface area contributed by atoms with Crippen molar-refractivity contribution in [3.05, 3.63) is 64.1 Å². The van der Waals surface area contributed by atoms with Crippen molar-refractivity contribution >= 4 is 35.0 Å². The van der Waals surface area contributed by atoms with E-state index >= 15 is 0 Å². The predicted octanol–water partition coefficient (Wildman–Crippen LogP) is 3.68. The highest BCUT2D eigenvalue weighted by atomic mass is 35.5. The van der Waals surface area contributed by atoms with Gasteiger partial charge in [-0.1, -0.05) is 29.8 Å². The summed E-state index contributed by atoms with van der Waals surface area (Å²) in [5, 5.41) is 1.18. The fraction of sp³-hybridized carbons (Fsp3) is 0.0714. The molecular weight excluding hydrogens is 294 g/mol. The Balaban J connectivity index is 2.19. The number of thioether (sulfide) groups is 1. The monoisotopic (exact) mass is 303 g/mol. The maximum Gasteiger partial charge on any atom is 0.267 e. The molecule has 0 radical (unpaired) electrons. The highest BCUT2D eigenvalue weighted by Gasteiger charge is 2.10. The Bertz CT molecular complexity index is 680. The second-order valence-corrected chi connectivity index (χ2v) is 5.31. The van der Waals surface area contributed by atoms with Crippen LogP contribution in [0.25, 0.3) is 4.85 Å². The number of halogens is 1. The molecule has 2 N–H and O–H groups in total. The second kappa shape index (κ2) is 6.42.